The highest BCUT2D eigenvalue weighted by atomic mass is 16.7. The number of phenolic OH excluding ortho intramolecular Hbond substituents is 1. The third kappa shape index (κ3) is 3.36. The first kappa shape index (κ1) is 16.6. The maximum Gasteiger partial charge on any atom is 0.188 e. The summed E-state index contributed by atoms with van der Waals surface area (Å²) in [4.78, 5) is 0. The number of aliphatic hydroxyl groups is 4. The molecule has 1 heterocycles. The van der Waals surface area contributed by atoms with Crippen LogP contribution in [0.4, 0.5) is 0 Å². The maximum atomic E-state index is 9.87. The molecule has 0 saturated carbocycles. The fraction of sp³-hybridized carbons (Fsp3) is 0.500. The third-order valence-corrected chi connectivity index (χ3v) is 3.43. The summed E-state index contributed by atoms with van der Waals surface area (Å²) in [5.41, 5.74) is 0.414. The average Bonchev–Trinajstić information content (AvgIpc) is 2.53. The number of aliphatic hydroxyl groups excluding tert-OH is 4. The number of nitriles is 1. The van der Waals surface area contributed by atoms with E-state index in [9.17, 15) is 25.7 Å². The van der Waals surface area contributed by atoms with Gasteiger partial charge in [0.1, 0.15) is 30.2 Å². The molecule has 1 aromatic carbocycles. The predicted octanol–water partition coefficient (Wildman–Crippen LogP) is -1.23. The number of benzene rings is 1. The number of ether oxygens (including phenoxy) is 2. The van der Waals surface area contributed by atoms with Crippen LogP contribution in [-0.2, 0) is 9.47 Å². The van der Waals surface area contributed by atoms with Crippen LogP contribution < -0.4 is 0 Å². The van der Waals surface area contributed by atoms with Gasteiger partial charge in [0.05, 0.1) is 12.7 Å². The first-order chi connectivity index (χ1) is 10.5. The number of rotatable bonds is 4. The van der Waals surface area contributed by atoms with Crippen LogP contribution in [0, 0.1) is 11.3 Å². The third-order valence-electron chi connectivity index (χ3n) is 3.43. The highest BCUT2D eigenvalue weighted by Gasteiger charge is 2.44. The molecule has 1 aliphatic rings. The molecule has 22 heavy (non-hydrogen) atoms. The van der Waals surface area contributed by atoms with E-state index in [1.165, 1.54) is 24.3 Å². The molecule has 0 aromatic heterocycles. The van der Waals surface area contributed by atoms with E-state index in [2.05, 4.69) is 0 Å². The Balaban J connectivity index is 2.13. The van der Waals surface area contributed by atoms with Gasteiger partial charge in [-0.3, -0.25) is 0 Å². The summed E-state index contributed by atoms with van der Waals surface area (Å²) in [5.74, 6) is 0.0216. The number of aromatic hydroxyl groups is 1. The highest BCUT2D eigenvalue weighted by Crippen LogP contribution is 2.27. The molecule has 0 spiro atoms. The molecular formula is C14H17NO7. The molecule has 5 N–H and O–H groups in total. The topological polar surface area (TPSA) is 143 Å². The van der Waals surface area contributed by atoms with Gasteiger partial charge in [-0.2, -0.15) is 5.26 Å². The minimum absolute atomic E-state index is 0.0216. The van der Waals surface area contributed by atoms with Crippen molar-refractivity contribution in [2.24, 2.45) is 0 Å². The van der Waals surface area contributed by atoms with Crippen LogP contribution >= 0.6 is 0 Å². The van der Waals surface area contributed by atoms with Gasteiger partial charge in [-0.15, -0.1) is 0 Å². The van der Waals surface area contributed by atoms with Crippen LogP contribution in [0.3, 0.4) is 0 Å². The standard InChI is InChI=1S/C14H17NO7/c15-5-9(7-1-3-8(17)4-2-7)21-14-13(20)12(19)11(18)10(6-16)22-14/h1-4,9-14,16-20H,6H2/t9-,10+,11+,12-,13+,14-/m0/s1. The van der Waals surface area contributed by atoms with Crippen molar-refractivity contribution in [2.75, 3.05) is 6.61 Å². The maximum absolute atomic E-state index is 9.87. The number of phenols is 1. The molecule has 8 nitrogen and oxygen atoms in total. The number of nitrogens with zero attached hydrogens (tertiary/aromatic N) is 1. The second-order valence-corrected chi connectivity index (χ2v) is 4.93. The Morgan fingerprint density at radius 2 is 1.77 bits per heavy atom. The van der Waals surface area contributed by atoms with Crippen LogP contribution in [0.5, 0.6) is 5.75 Å². The van der Waals surface area contributed by atoms with Crippen molar-refractivity contribution in [3.63, 3.8) is 0 Å². The lowest BCUT2D eigenvalue weighted by atomic mass is 9.99. The van der Waals surface area contributed by atoms with E-state index in [0.717, 1.165) is 0 Å². The molecule has 0 unspecified atom stereocenters. The molecule has 120 valence electrons. The Morgan fingerprint density at radius 3 is 2.32 bits per heavy atom. The second kappa shape index (κ2) is 7.02. The van der Waals surface area contributed by atoms with Gasteiger partial charge in [0, 0.05) is 0 Å². The Labute approximate surface area is 126 Å². The normalized spacial score (nSPS) is 33.1. The minimum Gasteiger partial charge on any atom is -0.508 e. The quantitative estimate of drug-likeness (QED) is 0.465. The van der Waals surface area contributed by atoms with E-state index in [1.807, 2.05) is 6.07 Å². The molecule has 0 aliphatic carbocycles. The summed E-state index contributed by atoms with van der Waals surface area (Å²) in [5, 5.41) is 56.7. The molecule has 1 fully saturated rings. The van der Waals surface area contributed by atoms with Crippen LogP contribution in [0.15, 0.2) is 24.3 Å². The van der Waals surface area contributed by atoms with Crippen LogP contribution in [0.25, 0.3) is 0 Å². The molecule has 1 aromatic rings. The van der Waals surface area contributed by atoms with E-state index in [4.69, 9.17) is 14.6 Å². The SMILES string of the molecule is N#C[C@H](O[C@H]1O[C@H](CO)[C@@H](O)[C@H](O)[C@H]1O)c1ccc(O)cc1. The fourth-order valence-corrected chi connectivity index (χ4v) is 2.15. The summed E-state index contributed by atoms with van der Waals surface area (Å²) >= 11 is 0. The van der Waals surface area contributed by atoms with Crippen molar-refractivity contribution in [2.45, 2.75) is 36.8 Å². The van der Waals surface area contributed by atoms with Crippen molar-refractivity contribution >= 4 is 0 Å². The van der Waals surface area contributed by atoms with Gasteiger partial charge in [0.2, 0.25) is 0 Å². The molecule has 0 radical (unpaired) electrons. The zero-order chi connectivity index (χ0) is 16.3. The van der Waals surface area contributed by atoms with Gasteiger partial charge in [0.15, 0.2) is 12.4 Å². The van der Waals surface area contributed by atoms with E-state index in [0.29, 0.717) is 5.56 Å². The first-order valence-corrected chi connectivity index (χ1v) is 6.62. The summed E-state index contributed by atoms with van der Waals surface area (Å²) in [6.07, 6.45) is -8.27. The largest absolute Gasteiger partial charge is 0.508 e. The average molecular weight is 311 g/mol. The second-order valence-electron chi connectivity index (χ2n) is 4.93. The zero-order valence-electron chi connectivity index (χ0n) is 11.5. The monoisotopic (exact) mass is 311 g/mol. The van der Waals surface area contributed by atoms with Crippen LogP contribution in [-0.4, -0.2) is 62.8 Å². The molecule has 2 rings (SSSR count). The molecule has 1 aliphatic heterocycles. The van der Waals surface area contributed by atoms with Gasteiger partial charge >= 0.3 is 0 Å². The summed E-state index contributed by atoms with van der Waals surface area (Å²) in [6.45, 7) is -0.582. The highest BCUT2D eigenvalue weighted by molar-refractivity contribution is 5.29. The van der Waals surface area contributed by atoms with E-state index in [-0.39, 0.29) is 5.75 Å². The molecule has 1 saturated heterocycles. The van der Waals surface area contributed by atoms with Gasteiger partial charge < -0.3 is 35.0 Å². The van der Waals surface area contributed by atoms with Crippen molar-refractivity contribution in [3.05, 3.63) is 29.8 Å². The lowest BCUT2D eigenvalue weighted by Crippen LogP contribution is -2.59. The first-order valence-electron chi connectivity index (χ1n) is 6.62. The van der Waals surface area contributed by atoms with Gasteiger partial charge in [-0.1, -0.05) is 12.1 Å². The molecule has 8 heteroatoms. The van der Waals surface area contributed by atoms with Crippen molar-refractivity contribution in [3.8, 4) is 11.8 Å². The molecule has 0 amide bonds. The number of hydrogen-bond donors (Lipinski definition) is 5. The van der Waals surface area contributed by atoms with Crippen LogP contribution in [0.1, 0.15) is 11.7 Å². The van der Waals surface area contributed by atoms with E-state index in [1.54, 1.807) is 0 Å². The Morgan fingerprint density at radius 1 is 1.14 bits per heavy atom. The smallest absolute Gasteiger partial charge is 0.188 e. The van der Waals surface area contributed by atoms with Crippen LogP contribution in [0.2, 0.25) is 0 Å². The summed E-state index contributed by atoms with van der Waals surface area (Å²) in [6, 6.07) is 7.54. The minimum atomic E-state index is -1.58. The van der Waals surface area contributed by atoms with Crippen molar-refractivity contribution < 1.29 is 35.0 Å². The molecule has 6 atom stereocenters. The Hall–Kier alpha value is -1.73. The molecular weight excluding hydrogens is 294 g/mol. The van der Waals surface area contributed by atoms with E-state index >= 15 is 0 Å². The summed E-state index contributed by atoms with van der Waals surface area (Å²) < 4.78 is 10.5. The number of hydrogen-bond acceptors (Lipinski definition) is 8. The Bertz CT molecular complexity index is 527. The molecule has 0 bridgehead atoms. The van der Waals surface area contributed by atoms with Crippen molar-refractivity contribution in [1.29, 1.82) is 5.26 Å². The van der Waals surface area contributed by atoms with Gasteiger partial charge in [-0.25, -0.2) is 0 Å². The van der Waals surface area contributed by atoms with Crippen molar-refractivity contribution in [1.82, 2.24) is 0 Å². The summed E-state index contributed by atoms with van der Waals surface area (Å²) in [7, 11) is 0. The fourth-order valence-electron chi connectivity index (χ4n) is 2.15. The van der Waals surface area contributed by atoms with Gasteiger partial charge in [-0.05, 0) is 17.7 Å². The zero-order valence-corrected chi connectivity index (χ0v) is 11.5. The predicted molar refractivity (Wildman–Crippen MR) is 71.3 cm³/mol. The van der Waals surface area contributed by atoms with Gasteiger partial charge in [0.25, 0.3) is 0 Å². The Kier molecular flexibility index (Phi) is 5.31. The van der Waals surface area contributed by atoms with E-state index < -0.39 is 43.4 Å². The lowest BCUT2D eigenvalue weighted by molar-refractivity contribution is -0.307. The lowest BCUT2D eigenvalue weighted by Gasteiger charge is -2.40.